The number of carbonyl (C=O) groups is 1. The van der Waals surface area contributed by atoms with Gasteiger partial charge in [0.05, 0.1) is 6.54 Å². The summed E-state index contributed by atoms with van der Waals surface area (Å²) < 4.78 is 0.188. The molecule has 4 heteroatoms. The first kappa shape index (κ1) is 15.9. The van der Waals surface area contributed by atoms with Crippen molar-refractivity contribution in [2.75, 3.05) is 19.6 Å². The van der Waals surface area contributed by atoms with Crippen LogP contribution in [-0.4, -0.2) is 30.3 Å². The van der Waals surface area contributed by atoms with E-state index in [1.54, 1.807) is 0 Å². The Bertz CT molecular complexity index is 481. The Labute approximate surface area is 137 Å². The van der Waals surface area contributed by atoms with E-state index in [2.05, 4.69) is 41.0 Å². The predicted octanol–water partition coefficient (Wildman–Crippen LogP) is 3.21. The van der Waals surface area contributed by atoms with Crippen LogP contribution in [0.4, 0.5) is 0 Å². The summed E-state index contributed by atoms with van der Waals surface area (Å²) in [4.78, 5) is 13.3. The van der Waals surface area contributed by atoms with Gasteiger partial charge in [-0.1, -0.05) is 31.0 Å². The maximum absolute atomic E-state index is 12.0. The minimum Gasteiger partial charge on any atom is -0.354 e. The van der Waals surface area contributed by atoms with Crippen LogP contribution in [0.5, 0.6) is 0 Å². The summed E-state index contributed by atoms with van der Waals surface area (Å²) in [6.45, 7) is 2.25. The largest absolute Gasteiger partial charge is 0.354 e. The molecule has 3 rings (SSSR count). The Morgan fingerprint density at radius 2 is 1.91 bits per heavy atom. The minimum absolute atomic E-state index is 0.139. The summed E-state index contributed by atoms with van der Waals surface area (Å²) in [7, 11) is 0. The second-order valence-corrected chi connectivity index (χ2v) is 8.20. The molecule has 1 amide bonds. The molecular formula is C18H26N2OS. The Hall–Kier alpha value is -1.00. The standard InChI is InChI=1S/C18H26N2OS/c21-17(13-19-12-15-8-9-15)20-14-18(10-4-5-11-18)22-16-6-2-1-3-7-16/h1-3,6-7,15,19H,4-5,8-14H2,(H,20,21). The topological polar surface area (TPSA) is 41.1 Å². The SMILES string of the molecule is O=C(CNCC1CC1)NCC1(Sc2ccccc2)CCCC1. The molecule has 2 aliphatic carbocycles. The molecule has 120 valence electrons. The molecule has 0 aliphatic heterocycles. The van der Waals surface area contributed by atoms with E-state index in [1.807, 2.05) is 11.8 Å². The number of hydrogen-bond donors (Lipinski definition) is 2. The van der Waals surface area contributed by atoms with E-state index in [9.17, 15) is 4.79 Å². The Kier molecular flexibility index (Phi) is 5.42. The van der Waals surface area contributed by atoms with Gasteiger partial charge in [0.1, 0.15) is 0 Å². The lowest BCUT2D eigenvalue weighted by Crippen LogP contribution is -2.42. The zero-order valence-corrected chi connectivity index (χ0v) is 14.0. The number of thioether (sulfide) groups is 1. The molecule has 3 nitrogen and oxygen atoms in total. The summed E-state index contributed by atoms with van der Waals surface area (Å²) >= 11 is 1.94. The van der Waals surface area contributed by atoms with Crippen molar-refractivity contribution in [2.45, 2.75) is 48.2 Å². The van der Waals surface area contributed by atoms with Gasteiger partial charge in [-0.15, -0.1) is 11.8 Å². The number of benzene rings is 1. The molecule has 0 bridgehead atoms. The molecule has 0 aromatic heterocycles. The fraction of sp³-hybridized carbons (Fsp3) is 0.611. The summed E-state index contributed by atoms with van der Waals surface area (Å²) in [6, 6.07) is 10.6. The van der Waals surface area contributed by atoms with Gasteiger partial charge >= 0.3 is 0 Å². The van der Waals surface area contributed by atoms with Gasteiger partial charge in [0.2, 0.25) is 5.91 Å². The Balaban J connectivity index is 1.47. The van der Waals surface area contributed by atoms with E-state index >= 15 is 0 Å². The predicted molar refractivity (Wildman–Crippen MR) is 92.1 cm³/mol. The minimum atomic E-state index is 0.139. The van der Waals surface area contributed by atoms with Crippen molar-refractivity contribution in [1.29, 1.82) is 0 Å². The van der Waals surface area contributed by atoms with E-state index in [-0.39, 0.29) is 10.7 Å². The molecular weight excluding hydrogens is 292 g/mol. The Morgan fingerprint density at radius 3 is 2.59 bits per heavy atom. The van der Waals surface area contributed by atoms with Crippen molar-refractivity contribution in [3.05, 3.63) is 30.3 Å². The van der Waals surface area contributed by atoms with Crippen molar-refractivity contribution >= 4 is 17.7 Å². The van der Waals surface area contributed by atoms with Crippen molar-refractivity contribution in [1.82, 2.24) is 10.6 Å². The highest BCUT2D eigenvalue weighted by Crippen LogP contribution is 2.44. The summed E-state index contributed by atoms with van der Waals surface area (Å²) in [5.41, 5.74) is 0. The van der Waals surface area contributed by atoms with Crippen LogP contribution in [0.3, 0.4) is 0 Å². The molecule has 2 N–H and O–H groups in total. The van der Waals surface area contributed by atoms with Crippen LogP contribution >= 0.6 is 11.8 Å². The number of hydrogen-bond acceptors (Lipinski definition) is 3. The number of amides is 1. The molecule has 2 fully saturated rings. The average molecular weight is 318 g/mol. The normalized spacial score (nSPS) is 20.0. The lowest BCUT2D eigenvalue weighted by atomic mass is 10.1. The highest BCUT2D eigenvalue weighted by atomic mass is 32.2. The molecule has 22 heavy (non-hydrogen) atoms. The molecule has 0 heterocycles. The van der Waals surface area contributed by atoms with Crippen LogP contribution in [0.25, 0.3) is 0 Å². The van der Waals surface area contributed by atoms with E-state index in [1.165, 1.54) is 43.4 Å². The maximum atomic E-state index is 12.0. The van der Waals surface area contributed by atoms with Gasteiger partial charge in [0.25, 0.3) is 0 Å². The highest BCUT2D eigenvalue weighted by Gasteiger charge is 2.35. The molecule has 1 aromatic carbocycles. The summed E-state index contributed by atoms with van der Waals surface area (Å²) in [5, 5.41) is 6.42. The van der Waals surface area contributed by atoms with Gasteiger partial charge in [-0.3, -0.25) is 4.79 Å². The molecule has 0 atom stereocenters. The van der Waals surface area contributed by atoms with Crippen LogP contribution in [0, 0.1) is 5.92 Å². The lowest BCUT2D eigenvalue weighted by Gasteiger charge is -2.28. The summed E-state index contributed by atoms with van der Waals surface area (Å²) in [5.74, 6) is 0.961. The van der Waals surface area contributed by atoms with Crippen molar-refractivity contribution in [2.24, 2.45) is 5.92 Å². The van der Waals surface area contributed by atoms with Gasteiger partial charge in [0, 0.05) is 16.2 Å². The zero-order valence-electron chi connectivity index (χ0n) is 13.1. The third kappa shape index (κ3) is 4.75. The number of nitrogens with one attached hydrogen (secondary N) is 2. The average Bonchev–Trinajstić information content (AvgIpc) is 3.24. The van der Waals surface area contributed by atoms with Gasteiger partial charge in [-0.05, 0) is 50.3 Å². The van der Waals surface area contributed by atoms with Crippen molar-refractivity contribution < 1.29 is 4.79 Å². The van der Waals surface area contributed by atoms with Crippen molar-refractivity contribution in [3.63, 3.8) is 0 Å². The maximum Gasteiger partial charge on any atom is 0.234 e. The van der Waals surface area contributed by atoms with Crippen LogP contribution in [0.1, 0.15) is 38.5 Å². The van der Waals surface area contributed by atoms with Crippen LogP contribution in [0.15, 0.2) is 35.2 Å². The molecule has 2 aliphatic rings. The Morgan fingerprint density at radius 1 is 1.18 bits per heavy atom. The first-order chi connectivity index (χ1) is 10.8. The third-order valence-corrected chi connectivity index (χ3v) is 6.11. The lowest BCUT2D eigenvalue weighted by molar-refractivity contribution is -0.120. The second kappa shape index (κ2) is 7.51. The molecule has 1 aromatic rings. The van der Waals surface area contributed by atoms with Crippen LogP contribution in [-0.2, 0) is 4.79 Å². The van der Waals surface area contributed by atoms with E-state index in [4.69, 9.17) is 0 Å². The quantitative estimate of drug-likeness (QED) is 0.773. The van der Waals surface area contributed by atoms with Gasteiger partial charge in [0.15, 0.2) is 0 Å². The number of carbonyl (C=O) groups excluding carboxylic acids is 1. The van der Waals surface area contributed by atoms with Crippen LogP contribution in [0.2, 0.25) is 0 Å². The van der Waals surface area contributed by atoms with Crippen LogP contribution < -0.4 is 10.6 Å². The van der Waals surface area contributed by atoms with Gasteiger partial charge < -0.3 is 10.6 Å². The molecule has 0 radical (unpaired) electrons. The monoisotopic (exact) mass is 318 g/mol. The van der Waals surface area contributed by atoms with E-state index < -0.39 is 0 Å². The first-order valence-electron chi connectivity index (χ1n) is 8.47. The van der Waals surface area contributed by atoms with Gasteiger partial charge in [-0.2, -0.15) is 0 Å². The molecule has 0 unspecified atom stereocenters. The number of rotatable bonds is 8. The molecule has 0 spiro atoms. The second-order valence-electron chi connectivity index (χ2n) is 6.66. The highest BCUT2D eigenvalue weighted by molar-refractivity contribution is 8.00. The molecule has 0 saturated heterocycles. The van der Waals surface area contributed by atoms with E-state index in [0.29, 0.717) is 6.54 Å². The summed E-state index contributed by atoms with van der Waals surface area (Å²) in [6.07, 6.45) is 7.59. The smallest absolute Gasteiger partial charge is 0.234 e. The molecule has 2 saturated carbocycles. The third-order valence-electron chi connectivity index (χ3n) is 4.62. The fourth-order valence-corrected chi connectivity index (χ4v) is 4.54. The van der Waals surface area contributed by atoms with Gasteiger partial charge in [-0.25, -0.2) is 0 Å². The first-order valence-corrected chi connectivity index (χ1v) is 9.29. The van der Waals surface area contributed by atoms with Crippen molar-refractivity contribution in [3.8, 4) is 0 Å². The van der Waals surface area contributed by atoms with E-state index in [0.717, 1.165) is 19.0 Å². The fourth-order valence-electron chi connectivity index (χ4n) is 3.11. The zero-order chi connectivity index (χ0) is 15.3.